The maximum Gasteiger partial charge on any atom is 0.255 e. The Bertz CT molecular complexity index is 1140. The van der Waals surface area contributed by atoms with E-state index < -0.39 is 10.0 Å². The summed E-state index contributed by atoms with van der Waals surface area (Å²) in [4.78, 5) is 16.8. The number of ether oxygens (including phenoxy) is 1. The van der Waals surface area contributed by atoms with Crippen molar-refractivity contribution >= 4 is 21.6 Å². The largest absolute Gasteiger partial charge is 0.456 e. The van der Waals surface area contributed by atoms with E-state index >= 15 is 0 Å². The van der Waals surface area contributed by atoms with Gasteiger partial charge in [-0.25, -0.2) is 8.42 Å². The van der Waals surface area contributed by atoms with Gasteiger partial charge in [-0.05, 0) is 73.5 Å². The van der Waals surface area contributed by atoms with Crippen LogP contribution in [-0.4, -0.2) is 36.7 Å². The van der Waals surface area contributed by atoms with E-state index in [0.717, 1.165) is 25.7 Å². The first-order valence-electron chi connectivity index (χ1n) is 10.6. The van der Waals surface area contributed by atoms with Gasteiger partial charge in [0.25, 0.3) is 5.91 Å². The van der Waals surface area contributed by atoms with Gasteiger partial charge in [-0.3, -0.25) is 9.78 Å². The van der Waals surface area contributed by atoms with Crippen LogP contribution in [0.1, 0.15) is 36.0 Å². The quantitative estimate of drug-likeness (QED) is 0.587. The standard InChI is InChI=1S/C24H25N3O4S/c28-24(19-7-11-21(12-8-19)31-22-6-5-15-25-18-22)26-20-9-13-23(14-10-20)32(29,30)27-16-3-1-2-4-17-27/h5-15,18H,1-4,16-17H2,(H,26,28). The molecule has 4 rings (SSSR count). The van der Waals surface area contributed by atoms with Gasteiger partial charge in [0.05, 0.1) is 11.1 Å². The zero-order valence-electron chi connectivity index (χ0n) is 17.6. The first-order valence-corrected chi connectivity index (χ1v) is 12.1. The lowest BCUT2D eigenvalue weighted by atomic mass is 10.2. The van der Waals surface area contributed by atoms with Crippen LogP contribution < -0.4 is 10.1 Å². The fourth-order valence-corrected chi connectivity index (χ4v) is 5.08. The Morgan fingerprint density at radius 1 is 0.875 bits per heavy atom. The van der Waals surface area contributed by atoms with Gasteiger partial charge in [0.15, 0.2) is 0 Å². The topological polar surface area (TPSA) is 88.6 Å². The molecule has 2 aromatic carbocycles. The van der Waals surface area contributed by atoms with Crippen molar-refractivity contribution in [3.8, 4) is 11.5 Å². The SMILES string of the molecule is O=C(Nc1ccc(S(=O)(=O)N2CCCCCC2)cc1)c1ccc(Oc2cccnc2)cc1. The third kappa shape index (κ3) is 5.33. The van der Waals surface area contributed by atoms with E-state index in [0.29, 0.717) is 35.8 Å². The Labute approximate surface area is 188 Å². The second kappa shape index (κ2) is 9.93. The highest BCUT2D eigenvalue weighted by atomic mass is 32.2. The molecule has 7 nitrogen and oxygen atoms in total. The number of hydrogen-bond acceptors (Lipinski definition) is 5. The van der Waals surface area contributed by atoms with Crippen molar-refractivity contribution in [1.29, 1.82) is 0 Å². The summed E-state index contributed by atoms with van der Waals surface area (Å²) in [7, 11) is -3.51. The van der Waals surface area contributed by atoms with Crippen LogP contribution in [0.15, 0.2) is 78.0 Å². The molecule has 166 valence electrons. The summed E-state index contributed by atoms with van der Waals surface area (Å²) >= 11 is 0. The number of hydrogen-bond donors (Lipinski definition) is 1. The zero-order chi connectivity index (χ0) is 22.4. The maximum atomic E-state index is 12.9. The van der Waals surface area contributed by atoms with Gasteiger partial charge in [-0.1, -0.05) is 12.8 Å². The van der Waals surface area contributed by atoms with Crippen molar-refractivity contribution in [2.24, 2.45) is 0 Å². The van der Waals surface area contributed by atoms with E-state index in [1.54, 1.807) is 77.4 Å². The van der Waals surface area contributed by atoms with E-state index in [9.17, 15) is 13.2 Å². The molecule has 1 aromatic heterocycles. The molecule has 0 aliphatic carbocycles. The van der Waals surface area contributed by atoms with Crippen LogP contribution in [0.4, 0.5) is 5.69 Å². The molecule has 1 amide bonds. The average Bonchev–Trinajstić information content (AvgIpc) is 3.11. The number of nitrogens with zero attached hydrogens (tertiary/aromatic N) is 2. The van der Waals surface area contributed by atoms with Crippen molar-refractivity contribution in [2.45, 2.75) is 30.6 Å². The number of carbonyl (C=O) groups is 1. The molecule has 1 saturated heterocycles. The Kier molecular flexibility index (Phi) is 6.82. The Hall–Kier alpha value is -3.23. The normalized spacial score (nSPS) is 15.0. The third-order valence-electron chi connectivity index (χ3n) is 5.30. The molecule has 1 N–H and O–H groups in total. The molecule has 8 heteroatoms. The molecule has 0 radical (unpaired) electrons. The number of pyridine rings is 1. The maximum absolute atomic E-state index is 12.9. The Balaban J connectivity index is 1.39. The second-order valence-corrected chi connectivity index (χ2v) is 9.55. The van der Waals surface area contributed by atoms with Gasteiger partial charge in [0.1, 0.15) is 11.5 Å². The van der Waals surface area contributed by atoms with Gasteiger partial charge in [-0.15, -0.1) is 0 Å². The molecule has 0 unspecified atom stereocenters. The van der Waals surface area contributed by atoms with E-state index in [2.05, 4.69) is 10.3 Å². The van der Waals surface area contributed by atoms with Crippen LogP contribution in [-0.2, 0) is 10.0 Å². The molecule has 1 aliphatic rings. The van der Waals surface area contributed by atoms with Crippen molar-refractivity contribution in [3.05, 3.63) is 78.6 Å². The van der Waals surface area contributed by atoms with E-state index in [1.807, 2.05) is 0 Å². The third-order valence-corrected chi connectivity index (χ3v) is 7.21. The number of amides is 1. The molecule has 0 saturated carbocycles. The van der Waals surface area contributed by atoms with Crippen molar-refractivity contribution in [2.75, 3.05) is 18.4 Å². The van der Waals surface area contributed by atoms with Gasteiger partial charge in [-0.2, -0.15) is 4.31 Å². The van der Waals surface area contributed by atoms with Crippen LogP contribution >= 0.6 is 0 Å². The number of aromatic nitrogens is 1. The minimum absolute atomic E-state index is 0.245. The molecule has 3 aromatic rings. The zero-order valence-corrected chi connectivity index (χ0v) is 18.4. The number of carbonyl (C=O) groups excluding carboxylic acids is 1. The summed E-state index contributed by atoms with van der Waals surface area (Å²) in [5.41, 5.74) is 0.991. The highest BCUT2D eigenvalue weighted by Crippen LogP contribution is 2.23. The number of nitrogens with one attached hydrogen (secondary N) is 1. The molecule has 0 atom stereocenters. The van der Waals surface area contributed by atoms with Gasteiger partial charge in [0, 0.05) is 30.5 Å². The van der Waals surface area contributed by atoms with Crippen molar-refractivity contribution < 1.29 is 17.9 Å². The first-order chi connectivity index (χ1) is 15.5. The number of rotatable bonds is 6. The van der Waals surface area contributed by atoms with Crippen LogP contribution in [0, 0.1) is 0 Å². The number of anilines is 1. The first kappa shape index (κ1) is 22.0. The van der Waals surface area contributed by atoms with Crippen molar-refractivity contribution in [3.63, 3.8) is 0 Å². The Morgan fingerprint density at radius 2 is 1.56 bits per heavy atom. The summed E-state index contributed by atoms with van der Waals surface area (Å²) < 4.78 is 33.0. The average molecular weight is 452 g/mol. The van der Waals surface area contributed by atoms with Gasteiger partial charge >= 0.3 is 0 Å². The van der Waals surface area contributed by atoms with Crippen LogP contribution in [0.25, 0.3) is 0 Å². The van der Waals surface area contributed by atoms with E-state index in [4.69, 9.17) is 4.74 Å². The predicted octanol–water partition coefficient (Wildman–Crippen LogP) is 4.69. The second-order valence-electron chi connectivity index (χ2n) is 7.61. The van der Waals surface area contributed by atoms with E-state index in [-0.39, 0.29) is 10.8 Å². The lowest BCUT2D eigenvalue weighted by Crippen LogP contribution is -2.31. The highest BCUT2D eigenvalue weighted by Gasteiger charge is 2.25. The molecule has 1 fully saturated rings. The Morgan fingerprint density at radius 3 is 2.19 bits per heavy atom. The monoisotopic (exact) mass is 451 g/mol. The predicted molar refractivity (Wildman–Crippen MR) is 122 cm³/mol. The minimum Gasteiger partial charge on any atom is -0.456 e. The van der Waals surface area contributed by atoms with Crippen LogP contribution in [0.5, 0.6) is 11.5 Å². The van der Waals surface area contributed by atoms with E-state index in [1.165, 1.54) is 0 Å². The molecular weight excluding hydrogens is 426 g/mol. The summed E-state index contributed by atoms with van der Waals surface area (Å²) in [5, 5.41) is 2.80. The van der Waals surface area contributed by atoms with Crippen LogP contribution in [0.3, 0.4) is 0 Å². The lowest BCUT2D eigenvalue weighted by molar-refractivity contribution is 0.102. The molecule has 32 heavy (non-hydrogen) atoms. The molecule has 0 spiro atoms. The molecular formula is C24H25N3O4S. The minimum atomic E-state index is -3.51. The fraction of sp³-hybridized carbons (Fsp3) is 0.250. The van der Waals surface area contributed by atoms with Gasteiger partial charge < -0.3 is 10.1 Å². The van der Waals surface area contributed by atoms with Crippen LogP contribution in [0.2, 0.25) is 0 Å². The molecule has 2 heterocycles. The summed E-state index contributed by atoms with van der Waals surface area (Å²) in [6.07, 6.45) is 7.18. The number of benzene rings is 2. The van der Waals surface area contributed by atoms with Gasteiger partial charge in [0.2, 0.25) is 10.0 Å². The smallest absolute Gasteiger partial charge is 0.255 e. The lowest BCUT2D eigenvalue weighted by Gasteiger charge is -2.20. The fourth-order valence-electron chi connectivity index (χ4n) is 3.56. The molecule has 0 bridgehead atoms. The number of sulfonamides is 1. The summed E-state index contributed by atoms with van der Waals surface area (Å²) in [5.74, 6) is 0.915. The summed E-state index contributed by atoms with van der Waals surface area (Å²) in [6, 6.07) is 16.6. The molecule has 1 aliphatic heterocycles. The highest BCUT2D eigenvalue weighted by molar-refractivity contribution is 7.89. The summed E-state index contributed by atoms with van der Waals surface area (Å²) in [6.45, 7) is 1.11. The van der Waals surface area contributed by atoms with Crippen molar-refractivity contribution in [1.82, 2.24) is 9.29 Å².